The van der Waals surface area contributed by atoms with Gasteiger partial charge in [0.25, 0.3) is 0 Å². The van der Waals surface area contributed by atoms with Crippen LogP contribution in [0.2, 0.25) is 0 Å². The predicted molar refractivity (Wildman–Crippen MR) is 71.4 cm³/mol. The number of aryl methyl sites for hydroxylation is 1. The zero-order valence-corrected chi connectivity index (χ0v) is 11.1. The van der Waals surface area contributed by atoms with Crippen molar-refractivity contribution in [2.45, 2.75) is 32.7 Å². The minimum absolute atomic E-state index is 0.420. The number of rotatable bonds is 2. The summed E-state index contributed by atoms with van der Waals surface area (Å²) in [5.41, 5.74) is 2.07. The van der Waals surface area contributed by atoms with E-state index in [0.29, 0.717) is 6.04 Å². The van der Waals surface area contributed by atoms with Crippen LogP contribution in [0.3, 0.4) is 0 Å². The summed E-state index contributed by atoms with van der Waals surface area (Å²) in [4.78, 5) is 11.7. The highest BCUT2D eigenvalue weighted by Crippen LogP contribution is 2.26. The zero-order valence-electron chi connectivity index (χ0n) is 10.3. The minimum Gasteiger partial charge on any atom is -0.295 e. The Balaban J connectivity index is 1.93. The topological polar surface area (TPSA) is 29.0 Å². The molecule has 4 heteroatoms. The van der Waals surface area contributed by atoms with Crippen molar-refractivity contribution in [3.8, 4) is 0 Å². The van der Waals surface area contributed by atoms with Crippen LogP contribution in [-0.2, 0) is 0 Å². The fraction of sp³-hybridized carbons (Fsp3) is 0.538. The molecule has 90 valence electrons. The van der Waals surface area contributed by atoms with E-state index in [4.69, 9.17) is 4.98 Å². The van der Waals surface area contributed by atoms with Crippen molar-refractivity contribution in [2.75, 3.05) is 13.1 Å². The molecule has 1 aliphatic heterocycles. The highest BCUT2D eigenvalue weighted by Gasteiger charge is 2.20. The quantitative estimate of drug-likeness (QED) is 0.816. The van der Waals surface area contributed by atoms with Gasteiger partial charge in [0.05, 0.1) is 15.4 Å². The Kier molecular flexibility index (Phi) is 2.84. The molecule has 0 spiro atoms. The lowest BCUT2D eigenvalue weighted by Gasteiger charge is -2.22. The summed E-state index contributed by atoms with van der Waals surface area (Å²) in [6.45, 7) is 6.70. The van der Waals surface area contributed by atoms with Gasteiger partial charge in [0.1, 0.15) is 0 Å². The van der Waals surface area contributed by atoms with E-state index < -0.39 is 0 Å². The average Bonchev–Trinajstić information content (AvgIpc) is 2.94. The maximum atomic E-state index is 4.70. The first-order valence-corrected chi connectivity index (χ1v) is 7.04. The number of thiazole rings is 1. The third kappa shape index (κ3) is 2.07. The molecule has 0 aliphatic carbocycles. The molecule has 0 bridgehead atoms. The third-order valence-corrected chi connectivity index (χ3v) is 4.42. The van der Waals surface area contributed by atoms with Gasteiger partial charge in [0.2, 0.25) is 0 Å². The van der Waals surface area contributed by atoms with Gasteiger partial charge in [0.15, 0.2) is 5.65 Å². The Morgan fingerprint density at radius 1 is 1.24 bits per heavy atom. The van der Waals surface area contributed by atoms with E-state index >= 15 is 0 Å². The predicted octanol–water partition coefficient (Wildman–Crippen LogP) is 3.16. The number of aromatic nitrogens is 2. The van der Waals surface area contributed by atoms with Crippen molar-refractivity contribution in [2.24, 2.45) is 0 Å². The van der Waals surface area contributed by atoms with Crippen molar-refractivity contribution >= 4 is 21.7 Å². The second kappa shape index (κ2) is 4.35. The van der Waals surface area contributed by atoms with Crippen LogP contribution in [0.15, 0.2) is 12.1 Å². The first-order chi connectivity index (χ1) is 8.24. The Morgan fingerprint density at radius 3 is 2.76 bits per heavy atom. The van der Waals surface area contributed by atoms with E-state index in [0.717, 1.165) is 16.3 Å². The maximum Gasteiger partial charge on any atom is 0.170 e. The molecule has 1 saturated heterocycles. The van der Waals surface area contributed by atoms with E-state index in [-0.39, 0.29) is 0 Å². The fourth-order valence-electron chi connectivity index (χ4n) is 2.49. The Hall–Kier alpha value is -1.00. The van der Waals surface area contributed by atoms with Crippen LogP contribution in [0.1, 0.15) is 36.5 Å². The number of pyridine rings is 1. The van der Waals surface area contributed by atoms with Crippen molar-refractivity contribution in [3.05, 3.63) is 22.8 Å². The van der Waals surface area contributed by atoms with E-state index in [2.05, 4.69) is 28.9 Å². The van der Waals surface area contributed by atoms with E-state index in [1.165, 1.54) is 30.6 Å². The van der Waals surface area contributed by atoms with Gasteiger partial charge in [-0.05, 0) is 51.9 Å². The number of hydrogen-bond acceptors (Lipinski definition) is 4. The summed E-state index contributed by atoms with van der Waals surface area (Å²) in [6.07, 6.45) is 2.64. The van der Waals surface area contributed by atoms with Gasteiger partial charge in [-0.25, -0.2) is 9.97 Å². The number of nitrogens with zero attached hydrogens (tertiary/aromatic N) is 3. The van der Waals surface area contributed by atoms with Crippen LogP contribution in [0.5, 0.6) is 0 Å². The van der Waals surface area contributed by atoms with Crippen LogP contribution in [0, 0.1) is 6.92 Å². The summed E-state index contributed by atoms with van der Waals surface area (Å²) in [6, 6.07) is 4.74. The summed E-state index contributed by atoms with van der Waals surface area (Å²) in [5.74, 6) is 0. The van der Waals surface area contributed by atoms with Crippen LogP contribution in [0.25, 0.3) is 10.3 Å². The molecule has 1 unspecified atom stereocenters. The summed E-state index contributed by atoms with van der Waals surface area (Å²) in [7, 11) is 0. The molecule has 2 aromatic rings. The van der Waals surface area contributed by atoms with Crippen LogP contribution < -0.4 is 0 Å². The molecule has 1 atom stereocenters. The molecule has 0 amide bonds. The molecule has 1 aliphatic rings. The first kappa shape index (κ1) is 11.1. The highest BCUT2D eigenvalue weighted by atomic mass is 32.1. The number of likely N-dealkylation sites (tertiary alicyclic amines) is 1. The normalized spacial score (nSPS) is 18.9. The van der Waals surface area contributed by atoms with Gasteiger partial charge in [0, 0.05) is 6.04 Å². The molecular formula is C13H17N3S. The van der Waals surface area contributed by atoms with Crippen molar-refractivity contribution in [1.29, 1.82) is 0 Å². The minimum atomic E-state index is 0.420. The van der Waals surface area contributed by atoms with Gasteiger partial charge in [-0.3, -0.25) is 4.90 Å². The molecule has 3 heterocycles. The van der Waals surface area contributed by atoms with Gasteiger partial charge < -0.3 is 0 Å². The molecular weight excluding hydrogens is 230 g/mol. The van der Waals surface area contributed by atoms with Gasteiger partial charge >= 0.3 is 0 Å². The van der Waals surface area contributed by atoms with Crippen molar-refractivity contribution < 1.29 is 0 Å². The molecule has 2 aromatic heterocycles. The SMILES string of the molecule is Cc1nc2nc(C(C)N3CCCC3)ccc2s1. The lowest BCUT2D eigenvalue weighted by atomic mass is 10.2. The fourth-order valence-corrected chi connectivity index (χ4v) is 3.26. The lowest BCUT2D eigenvalue weighted by Crippen LogP contribution is -2.23. The van der Waals surface area contributed by atoms with Crippen molar-refractivity contribution in [1.82, 2.24) is 14.9 Å². The average molecular weight is 247 g/mol. The molecule has 17 heavy (non-hydrogen) atoms. The van der Waals surface area contributed by atoms with E-state index in [9.17, 15) is 0 Å². The second-order valence-electron chi connectivity index (χ2n) is 4.71. The standard InChI is InChI=1S/C13H17N3S/c1-9(16-7-3-4-8-16)11-5-6-12-13(15-11)14-10(2)17-12/h5-6,9H,3-4,7-8H2,1-2H3. The Labute approximate surface area is 106 Å². The zero-order chi connectivity index (χ0) is 11.8. The summed E-state index contributed by atoms with van der Waals surface area (Å²) < 4.78 is 1.19. The molecule has 1 fully saturated rings. The van der Waals surface area contributed by atoms with E-state index in [1.807, 2.05) is 6.92 Å². The maximum absolute atomic E-state index is 4.70. The lowest BCUT2D eigenvalue weighted by molar-refractivity contribution is 0.259. The Bertz CT molecular complexity index is 528. The van der Waals surface area contributed by atoms with Gasteiger partial charge in [-0.15, -0.1) is 11.3 Å². The molecule has 0 aromatic carbocycles. The van der Waals surface area contributed by atoms with Gasteiger partial charge in [-0.2, -0.15) is 0 Å². The van der Waals surface area contributed by atoms with Crippen LogP contribution in [0.4, 0.5) is 0 Å². The highest BCUT2D eigenvalue weighted by molar-refractivity contribution is 7.18. The third-order valence-electron chi connectivity index (χ3n) is 3.50. The molecule has 3 nitrogen and oxygen atoms in total. The van der Waals surface area contributed by atoms with Crippen LogP contribution in [-0.4, -0.2) is 28.0 Å². The second-order valence-corrected chi connectivity index (χ2v) is 5.94. The Morgan fingerprint density at radius 2 is 2.00 bits per heavy atom. The van der Waals surface area contributed by atoms with E-state index in [1.54, 1.807) is 11.3 Å². The molecule has 0 saturated carbocycles. The smallest absolute Gasteiger partial charge is 0.170 e. The van der Waals surface area contributed by atoms with Gasteiger partial charge in [-0.1, -0.05) is 0 Å². The number of hydrogen-bond donors (Lipinski definition) is 0. The monoisotopic (exact) mass is 247 g/mol. The van der Waals surface area contributed by atoms with Crippen LogP contribution >= 0.6 is 11.3 Å². The summed E-state index contributed by atoms with van der Waals surface area (Å²) in [5, 5.41) is 1.10. The number of fused-ring (bicyclic) bond motifs is 1. The molecule has 0 N–H and O–H groups in total. The molecule has 0 radical (unpaired) electrons. The summed E-state index contributed by atoms with van der Waals surface area (Å²) >= 11 is 1.72. The first-order valence-electron chi connectivity index (χ1n) is 6.22. The largest absolute Gasteiger partial charge is 0.295 e. The van der Waals surface area contributed by atoms with Crippen molar-refractivity contribution in [3.63, 3.8) is 0 Å². The molecule has 3 rings (SSSR count).